The maximum absolute atomic E-state index is 12.5. The molecule has 2 rings (SSSR count). The second-order valence-corrected chi connectivity index (χ2v) is 7.08. The predicted octanol–water partition coefficient (Wildman–Crippen LogP) is 6.29. The average Bonchev–Trinajstić information content (AvgIpc) is 2.74. The molecule has 0 aromatic heterocycles. The fraction of sp³-hybridized carbons (Fsp3) is 0.400. The molecule has 0 amide bonds. The molecule has 0 radical (unpaired) electrons. The van der Waals surface area contributed by atoms with E-state index in [-0.39, 0.29) is 5.78 Å². The van der Waals surface area contributed by atoms with Crippen molar-refractivity contribution >= 4 is 17.5 Å². The lowest BCUT2D eigenvalue weighted by molar-refractivity contribution is 0.104. The highest BCUT2D eigenvalue weighted by molar-refractivity contribution is 6.07. The first-order valence-corrected chi connectivity index (χ1v) is 10.5. The molecule has 156 valence electrons. The van der Waals surface area contributed by atoms with Gasteiger partial charge in [0.1, 0.15) is 11.5 Å². The standard InChI is InChI=1S/C25H33NO3/c1-5-7-15-28-24-18-25(29-16-8-6-2)21(17-19(24)3)11-14-23(27)20-9-12-22(26-4)13-10-20/h9-14,17-18,26H,5-8,15-16H2,1-4H3. The van der Waals surface area contributed by atoms with Crippen LogP contribution in [0.5, 0.6) is 11.5 Å². The molecule has 0 saturated carbocycles. The fourth-order valence-electron chi connectivity index (χ4n) is 2.82. The van der Waals surface area contributed by atoms with Crippen molar-refractivity contribution < 1.29 is 14.3 Å². The van der Waals surface area contributed by atoms with Crippen LogP contribution in [-0.2, 0) is 0 Å². The molecule has 1 N–H and O–H groups in total. The van der Waals surface area contributed by atoms with Crippen molar-refractivity contribution in [3.8, 4) is 11.5 Å². The minimum absolute atomic E-state index is 0.0342. The van der Waals surface area contributed by atoms with Gasteiger partial charge in [0.25, 0.3) is 0 Å². The number of ketones is 1. The van der Waals surface area contributed by atoms with Gasteiger partial charge in [-0.05, 0) is 67.8 Å². The highest BCUT2D eigenvalue weighted by Gasteiger charge is 2.10. The van der Waals surface area contributed by atoms with Crippen LogP contribution in [0.15, 0.2) is 42.5 Å². The number of hydrogen-bond acceptors (Lipinski definition) is 4. The Morgan fingerprint density at radius 2 is 1.59 bits per heavy atom. The van der Waals surface area contributed by atoms with Crippen LogP contribution in [0.1, 0.15) is 61.0 Å². The van der Waals surface area contributed by atoms with Gasteiger partial charge in [-0.2, -0.15) is 0 Å². The van der Waals surface area contributed by atoms with E-state index in [4.69, 9.17) is 9.47 Å². The van der Waals surface area contributed by atoms with Gasteiger partial charge in [-0.1, -0.05) is 26.7 Å². The third-order valence-electron chi connectivity index (χ3n) is 4.69. The maximum atomic E-state index is 12.5. The van der Waals surface area contributed by atoms with E-state index in [1.807, 2.05) is 56.4 Å². The van der Waals surface area contributed by atoms with E-state index >= 15 is 0 Å². The Bertz CT molecular complexity index is 810. The maximum Gasteiger partial charge on any atom is 0.185 e. The number of nitrogens with one attached hydrogen (secondary N) is 1. The van der Waals surface area contributed by atoms with E-state index < -0.39 is 0 Å². The summed E-state index contributed by atoms with van der Waals surface area (Å²) in [5, 5.41) is 3.05. The number of anilines is 1. The van der Waals surface area contributed by atoms with Gasteiger partial charge in [-0.3, -0.25) is 4.79 Å². The van der Waals surface area contributed by atoms with Crippen LogP contribution in [0.2, 0.25) is 0 Å². The minimum atomic E-state index is -0.0342. The van der Waals surface area contributed by atoms with Gasteiger partial charge in [-0.15, -0.1) is 0 Å². The molecule has 0 spiro atoms. The smallest absolute Gasteiger partial charge is 0.185 e. The molecule has 0 atom stereocenters. The lowest BCUT2D eigenvalue weighted by atomic mass is 10.1. The molecule has 0 heterocycles. The first-order valence-electron chi connectivity index (χ1n) is 10.5. The lowest BCUT2D eigenvalue weighted by Gasteiger charge is -2.14. The summed E-state index contributed by atoms with van der Waals surface area (Å²) in [4.78, 5) is 12.5. The number of benzene rings is 2. The minimum Gasteiger partial charge on any atom is -0.493 e. The van der Waals surface area contributed by atoms with E-state index in [2.05, 4.69) is 19.2 Å². The van der Waals surface area contributed by atoms with E-state index in [9.17, 15) is 4.79 Å². The van der Waals surface area contributed by atoms with E-state index in [0.717, 1.165) is 54.0 Å². The van der Waals surface area contributed by atoms with E-state index in [1.165, 1.54) is 0 Å². The van der Waals surface area contributed by atoms with E-state index in [1.54, 1.807) is 6.08 Å². The zero-order valence-corrected chi connectivity index (χ0v) is 18.1. The zero-order chi connectivity index (χ0) is 21.1. The van der Waals surface area contributed by atoms with Gasteiger partial charge < -0.3 is 14.8 Å². The van der Waals surface area contributed by atoms with Gasteiger partial charge in [-0.25, -0.2) is 0 Å². The lowest BCUT2D eigenvalue weighted by Crippen LogP contribution is -2.02. The Balaban J connectivity index is 2.21. The normalized spacial score (nSPS) is 10.9. The average molecular weight is 396 g/mol. The fourth-order valence-corrected chi connectivity index (χ4v) is 2.82. The molecule has 29 heavy (non-hydrogen) atoms. The van der Waals surface area contributed by atoms with Crippen LogP contribution in [0, 0.1) is 6.92 Å². The molecular formula is C25H33NO3. The number of unbranched alkanes of at least 4 members (excludes halogenated alkanes) is 2. The molecule has 0 aliphatic heterocycles. The zero-order valence-electron chi connectivity index (χ0n) is 18.1. The van der Waals surface area contributed by atoms with Crippen molar-refractivity contribution in [2.75, 3.05) is 25.6 Å². The van der Waals surface area contributed by atoms with Gasteiger partial charge >= 0.3 is 0 Å². The number of hydrogen-bond donors (Lipinski definition) is 1. The molecule has 4 heteroatoms. The van der Waals surface area contributed by atoms with Crippen LogP contribution in [0.25, 0.3) is 6.08 Å². The van der Waals surface area contributed by atoms with Gasteiger partial charge in [0.2, 0.25) is 0 Å². The topological polar surface area (TPSA) is 47.6 Å². The second kappa shape index (κ2) is 11.9. The highest BCUT2D eigenvalue weighted by atomic mass is 16.5. The quantitative estimate of drug-likeness (QED) is 0.261. The number of aryl methyl sites for hydroxylation is 1. The summed E-state index contributed by atoms with van der Waals surface area (Å²) in [6.45, 7) is 7.65. The van der Waals surface area contributed by atoms with Crippen LogP contribution in [0.4, 0.5) is 5.69 Å². The Morgan fingerprint density at radius 3 is 2.17 bits per heavy atom. The first kappa shape index (κ1) is 22.5. The molecule has 0 saturated heterocycles. The first-order chi connectivity index (χ1) is 14.1. The van der Waals surface area contributed by atoms with Crippen LogP contribution in [-0.4, -0.2) is 26.0 Å². The Labute approximate surface area is 174 Å². The van der Waals surface area contributed by atoms with Crippen molar-refractivity contribution in [1.82, 2.24) is 0 Å². The molecule has 0 aliphatic rings. The molecule has 2 aromatic carbocycles. The summed E-state index contributed by atoms with van der Waals surface area (Å²) >= 11 is 0. The Morgan fingerprint density at radius 1 is 0.966 bits per heavy atom. The monoisotopic (exact) mass is 395 g/mol. The summed E-state index contributed by atoms with van der Waals surface area (Å²) in [5.74, 6) is 1.56. The summed E-state index contributed by atoms with van der Waals surface area (Å²) in [6.07, 6.45) is 7.61. The van der Waals surface area contributed by atoms with Crippen molar-refractivity contribution in [3.63, 3.8) is 0 Å². The van der Waals surface area contributed by atoms with Crippen LogP contribution < -0.4 is 14.8 Å². The van der Waals surface area contributed by atoms with Gasteiger partial charge in [0.05, 0.1) is 13.2 Å². The molecule has 0 aliphatic carbocycles. The van der Waals surface area contributed by atoms with Crippen molar-refractivity contribution in [3.05, 3.63) is 59.2 Å². The SMILES string of the molecule is CCCCOc1cc(OCCCC)c(C=CC(=O)c2ccc(NC)cc2)cc1C. The highest BCUT2D eigenvalue weighted by Crippen LogP contribution is 2.30. The van der Waals surface area contributed by atoms with Crippen LogP contribution in [0.3, 0.4) is 0 Å². The summed E-state index contributed by atoms with van der Waals surface area (Å²) in [5.41, 5.74) is 3.56. The predicted molar refractivity (Wildman–Crippen MR) is 121 cm³/mol. The number of carbonyl (C=O) groups is 1. The third kappa shape index (κ3) is 6.97. The van der Waals surface area contributed by atoms with Crippen molar-refractivity contribution in [2.24, 2.45) is 0 Å². The third-order valence-corrected chi connectivity index (χ3v) is 4.69. The summed E-state index contributed by atoms with van der Waals surface area (Å²) < 4.78 is 11.9. The number of rotatable bonds is 12. The van der Waals surface area contributed by atoms with Crippen LogP contribution >= 0.6 is 0 Å². The Kier molecular flexibility index (Phi) is 9.29. The van der Waals surface area contributed by atoms with Gasteiger partial charge in [0.15, 0.2) is 5.78 Å². The second-order valence-electron chi connectivity index (χ2n) is 7.08. The molecule has 2 aromatic rings. The summed E-state index contributed by atoms with van der Waals surface area (Å²) in [6, 6.07) is 11.4. The number of allylic oxidation sites excluding steroid dienone is 1. The van der Waals surface area contributed by atoms with Crippen molar-refractivity contribution in [1.29, 1.82) is 0 Å². The molecule has 0 fully saturated rings. The largest absolute Gasteiger partial charge is 0.493 e. The molecule has 4 nitrogen and oxygen atoms in total. The molecule has 0 bridgehead atoms. The Hall–Kier alpha value is -2.75. The van der Waals surface area contributed by atoms with Crippen molar-refractivity contribution in [2.45, 2.75) is 46.5 Å². The number of ether oxygens (including phenoxy) is 2. The van der Waals surface area contributed by atoms with Gasteiger partial charge in [0, 0.05) is 29.9 Å². The molecular weight excluding hydrogens is 362 g/mol. The molecule has 0 unspecified atom stereocenters. The summed E-state index contributed by atoms with van der Waals surface area (Å²) in [7, 11) is 1.86. The van der Waals surface area contributed by atoms with E-state index in [0.29, 0.717) is 18.8 Å². The number of carbonyl (C=O) groups excluding carboxylic acids is 1.